The molecule has 0 spiro atoms. The van der Waals surface area contributed by atoms with E-state index in [0.29, 0.717) is 46.2 Å². The van der Waals surface area contributed by atoms with Crippen molar-refractivity contribution in [2.75, 3.05) is 73.0 Å². The van der Waals surface area contributed by atoms with E-state index in [2.05, 4.69) is 10.6 Å². The van der Waals surface area contributed by atoms with Gasteiger partial charge in [0.2, 0.25) is 5.91 Å². The zero-order valence-corrected chi connectivity index (χ0v) is 15.5. The molecule has 0 atom stereocenters. The number of hydrogen-bond donors (Lipinski definition) is 2. The minimum absolute atomic E-state index is 0.0110. The fourth-order valence-electron chi connectivity index (χ4n) is 1.31. The molecule has 0 radical (unpaired) electrons. The number of nitrogens with one attached hydrogen (secondary N) is 2. The van der Waals surface area contributed by atoms with Gasteiger partial charge in [-0.1, -0.05) is 13.8 Å². The molecule has 8 heteroatoms. The van der Waals surface area contributed by atoms with Crippen molar-refractivity contribution in [2.45, 2.75) is 20.8 Å². The molecule has 0 rings (SSSR count). The molecule has 0 saturated heterocycles. The van der Waals surface area contributed by atoms with Crippen molar-refractivity contribution >= 4 is 11.7 Å². The molecule has 0 aliphatic rings. The number of rotatable bonds is 16. The SMILES string of the molecule is CC.CNCCOCCOCC(=O)NCCOCCOCC(C)=O. The normalized spacial score (nSPS) is 10.0. The largest absolute Gasteiger partial charge is 0.378 e. The number of Topliss-reactive ketones (excluding diaryl/α,β-unsaturated/α-hetero) is 1. The Labute approximate surface area is 145 Å². The summed E-state index contributed by atoms with van der Waals surface area (Å²) in [6.45, 7) is 9.42. The Kier molecular flexibility index (Phi) is 23.0. The summed E-state index contributed by atoms with van der Waals surface area (Å²) in [6.07, 6.45) is 0. The van der Waals surface area contributed by atoms with Gasteiger partial charge in [-0.25, -0.2) is 0 Å². The summed E-state index contributed by atoms with van der Waals surface area (Å²) in [5, 5.41) is 5.63. The number of likely N-dealkylation sites (N-methyl/N-ethyl adjacent to an activating group) is 1. The second-order valence-electron chi connectivity index (χ2n) is 4.49. The van der Waals surface area contributed by atoms with Crippen LogP contribution in [0.2, 0.25) is 0 Å². The highest BCUT2D eigenvalue weighted by molar-refractivity contribution is 5.77. The van der Waals surface area contributed by atoms with Crippen LogP contribution in [-0.4, -0.2) is 84.7 Å². The Balaban J connectivity index is 0. The molecule has 144 valence electrons. The number of hydrogen-bond acceptors (Lipinski definition) is 7. The van der Waals surface area contributed by atoms with E-state index < -0.39 is 0 Å². The molecule has 24 heavy (non-hydrogen) atoms. The lowest BCUT2D eigenvalue weighted by Crippen LogP contribution is -2.31. The summed E-state index contributed by atoms with van der Waals surface area (Å²) in [7, 11) is 1.85. The van der Waals surface area contributed by atoms with Crippen LogP contribution in [0.15, 0.2) is 0 Å². The van der Waals surface area contributed by atoms with Gasteiger partial charge in [0.05, 0.1) is 39.6 Å². The fraction of sp³-hybridized carbons (Fsp3) is 0.875. The van der Waals surface area contributed by atoms with Crippen LogP contribution in [0.4, 0.5) is 0 Å². The van der Waals surface area contributed by atoms with Gasteiger partial charge >= 0.3 is 0 Å². The minimum Gasteiger partial charge on any atom is -0.378 e. The van der Waals surface area contributed by atoms with Crippen molar-refractivity contribution in [1.82, 2.24) is 10.6 Å². The summed E-state index contributed by atoms with van der Waals surface area (Å²) >= 11 is 0. The summed E-state index contributed by atoms with van der Waals surface area (Å²) in [4.78, 5) is 22.0. The minimum atomic E-state index is -0.188. The average Bonchev–Trinajstić information content (AvgIpc) is 2.58. The maximum absolute atomic E-state index is 11.4. The van der Waals surface area contributed by atoms with E-state index in [1.54, 1.807) is 0 Å². The molecule has 1 amide bonds. The topological polar surface area (TPSA) is 95.1 Å². The van der Waals surface area contributed by atoms with Gasteiger partial charge < -0.3 is 29.6 Å². The molecule has 0 aliphatic heterocycles. The summed E-state index contributed by atoms with van der Waals surface area (Å²) in [5.41, 5.74) is 0. The van der Waals surface area contributed by atoms with Gasteiger partial charge in [0.15, 0.2) is 5.78 Å². The van der Waals surface area contributed by atoms with Gasteiger partial charge in [-0.05, 0) is 14.0 Å². The van der Waals surface area contributed by atoms with Gasteiger partial charge in [0, 0.05) is 13.1 Å². The third-order valence-electron chi connectivity index (χ3n) is 2.35. The van der Waals surface area contributed by atoms with Gasteiger partial charge in [-0.2, -0.15) is 0 Å². The Hall–Kier alpha value is -1.06. The van der Waals surface area contributed by atoms with Gasteiger partial charge in [-0.15, -0.1) is 0 Å². The van der Waals surface area contributed by atoms with Crippen LogP contribution in [0.3, 0.4) is 0 Å². The molecule has 0 saturated carbocycles. The third kappa shape index (κ3) is 23.2. The lowest BCUT2D eigenvalue weighted by atomic mass is 10.5. The first-order valence-electron chi connectivity index (χ1n) is 8.38. The molecule has 0 bridgehead atoms. The quantitative estimate of drug-likeness (QED) is 0.378. The van der Waals surface area contributed by atoms with Crippen molar-refractivity contribution in [3.8, 4) is 0 Å². The van der Waals surface area contributed by atoms with E-state index in [-0.39, 0.29) is 24.9 Å². The standard InChI is InChI=1S/C14H28N2O6.C2H6/c1-13(17)11-21-9-7-20-6-4-16-14(18)12-22-10-8-19-5-3-15-2;1-2/h15H,3-12H2,1-2H3,(H,16,18);1-2H3. The monoisotopic (exact) mass is 350 g/mol. The van der Waals surface area contributed by atoms with E-state index in [1.807, 2.05) is 20.9 Å². The maximum atomic E-state index is 11.4. The van der Waals surface area contributed by atoms with E-state index in [4.69, 9.17) is 18.9 Å². The number of carbonyl (C=O) groups excluding carboxylic acids is 2. The molecule has 2 N–H and O–H groups in total. The summed E-state index contributed by atoms with van der Waals surface area (Å²) in [6, 6.07) is 0. The molecule has 0 aromatic heterocycles. The van der Waals surface area contributed by atoms with Crippen molar-refractivity contribution < 1.29 is 28.5 Å². The van der Waals surface area contributed by atoms with Crippen LogP contribution in [-0.2, 0) is 28.5 Å². The van der Waals surface area contributed by atoms with Crippen LogP contribution in [0.25, 0.3) is 0 Å². The lowest BCUT2D eigenvalue weighted by Gasteiger charge is -2.08. The van der Waals surface area contributed by atoms with Crippen LogP contribution < -0.4 is 10.6 Å². The first kappa shape index (κ1) is 25.2. The molecule has 0 heterocycles. The number of ketones is 1. The summed E-state index contributed by atoms with van der Waals surface area (Å²) in [5.74, 6) is -0.202. The Morgan fingerprint density at radius 3 is 1.79 bits per heavy atom. The highest BCUT2D eigenvalue weighted by Gasteiger charge is 2.00. The molecule has 0 fully saturated rings. The van der Waals surface area contributed by atoms with Crippen LogP contribution in [0.5, 0.6) is 0 Å². The molecule has 0 unspecified atom stereocenters. The average molecular weight is 350 g/mol. The van der Waals surface area contributed by atoms with Crippen molar-refractivity contribution in [2.24, 2.45) is 0 Å². The second kappa shape index (κ2) is 21.9. The fourth-order valence-corrected chi connectivity index (χ4v) is 1.31. The highest BCUT2D eigenvalue weighted by Crippen LogP contribution is 1.81. The third-order valence-corrected chi connectivity index (χ3v) is 2.35. The molecular weight excluding hydrogens is 316 g/mol. The van der Waals surface area contributed by atoms with Crippen molar-refractivity contribution in [3.05, 3.63) is 0 Å². The smallest absolute Gasteiger partial charge is 0.246 e. The van der Waals surface area contributed by atoms with Crippen molar-refractivity contribution in [3.63, 3.8) is 0 Å². The van der Waals surface area contributed by atoms with Crippen molar-refractivity contribution in [1.29, 1.82) is 0 Å². The van der Waals surface area contributed by atoms with Crippen LogP contribution in [0, 0.1) is 0 Å². The first-order chi connectivity index (χ1) is 11.7. The molecule has 0 aromatic rings. The van der Waals surface area contributed by atoms with E-state index in [0.717, 1.165) is 6.54 Å². The number of ether oxygens (including phenoxy) is 4. The van der Waals surface area contributed by atoms with Crippen LogP contribution in [0.1, 0.15) is 20.8 Å². The predicted molar refractivity (Wildman–Crippen MR) is 92.2 cm³/mol. The lowest BCUT2D eigenvalue weighted by molar-refractivity contribution is -0.126. The first-order valence-corrected chi connectivity index (χ1v) is 8.38. The maximum Gasteiger partial charge on any atom is 0.246 e. The van der Waals surface area contributed by atoms with E-state index >= 15 is 0 Å². The van der Waals surface area contributed by atoms with Crippen LogP contribution >= 0.6 is 0 Å². The molecule has 0 aliphatic carbocycles. The number of carbonyl (C=O) groups is 2. The molecule has 0 aromatic carbocycles. The van der Waals surface area contributed by atoms with E-state index in [9.17, 15) is 9.59 Å². The zero-order chi connectivity index (χ0) is 18.5. The van der Waals surface area contributed by atoms with E-state index in [1.165, 1.54) is 6.92 Å². The predicted octanol–water partition coefficient (Wildman–Crippen LogP) is 0.00360. The second-order valence-corrected chi connectivity index (χ2v) is 4.49. The highest BCUT2D eigenvalue weighted by atomic mass is 16.5. The Morgan fingerprint density at radius 2 is 1.25 bits per heavy atom. The summed E-state index contributed by atoms with van der Waals surface area (Å²) < 4.78 is 20.7. The Bertz CT molecular complexity index is 290. The van der Waals surface area contributed by atoms with Gasteiger partial charge in [0.25, 0.3) is 0 Å². The van der Waals surface area contributed by atoms with Gasteiger partial charge in [0.1, 0.15) is 13.2 Å². The Morgan fingerprint density at radius 1 is 0.750 bits per heavy atom. The zero-order valence-electron chi connectivity index (χ0n) is 15.5. The van der Waals surface area contributed by atoms with Gasteiger partial charge in [-0.3, -0.25) is 9.59 Å². The molecular formula is C16H34N2O6. The number of amides is 1. The molecule has 8 nitrogen and oxygen atoms in total.